The largest absolute Gasteiger partial charge is 0.507 e. The highest BCUT2D eigenvalue weighted by Crippen LogP contribution is 2.23. The smallest absolute Gasteiger partial charge is 0.326 e. The minimum absolute atomic E-state index is 0.00434. The lowest BCUT2D eigenvalue weighted by Crippen LogP contribution is -2.53. The molecule has 1 aliphatic rings. The average molecular weight is 924 g/mol. The number of hydrogen-bond acceptors (Lipinski definition) is 16. The van der Waals surface area contributed by atoms with Gasteiger partial charge in [0.25, 0.3) is 23.6 Å². The maximum atomic E-state index is 13.1. The molecule has 67 heavy (non-hydrogen) atoms. The van der Waals surface area contributed by atoms with E-state index in [1.54, 1.807) is 26.0 Å². The summed E-state index contributed by atoms with van der Waals surface area (Å²) in [5.74, 6) is -5.60. The van der Waals surface area contributed by atoms with E-state index >= 15 is 0 Å². The van der Waals surface area contributed by atoms with Gasteiger partial charge in [0.2, 0.25) is 23.7 Å². The number of benzene rings is 2. The van der Waals surface area contributed by atoms with Crippen molar-refractivity contribution < 1.29 is 48.6 Å². The lowest BCUT2D eigenvalue weighted by Gasteiger charge is -2.24. The van der Waals surface area contributed by atoms with E-state index in [-0.39, 0.29) is 96.8 Å². The van der Waals surface area contributed by atoms with Gasteiger partial charge in [0.1, 0.15) is 23.9 Å². The van der Waals surface area contributed by atoms with Crippen molar-refractivity contribution in [3.63, 3.8) is 0 Å². The molecule has 0 aliphatic carbocycles. The second-order valence-corrected chi connectivity index (χ2v) is 15.9. The van der Waals surface area contributed by atoms with E-state index in [1.165, 1.54) is 49.5 Å². The summed E-state index contributed by atoms with van der Waals surface area (Å²) in [5.41, 5.74) is 13.4. The summed E-state index contributed by atoms with van der Waals surface area (Å²) in [5, 5.41) is 36.5. The third-order valence-electron chi connectivity index (χ3n) is 10.4. The van der Waals surface area contributed by atoms with Crippen LogP contribution in [0.15, 0.2) is 60.8 Å². The van der Waals surface area contributed by atoms with E-state index < -0.39 is 53.5 Å². The first-order valence-electron chi connectivity index (χ1n) is 21.4. The lowest BCUT2D eigenvalue weighted by atomic mass is 10.0. The van der Waals surface area contributed by atoms with Gasteiger partial charge >= 0.3 is 5.97 Å². The number of phenols is 1. The number of imide groups is 1. The monoisotopic (exact) mass is 923 g/mol. The number of carboxylic acids is 1. The number of amides is 7. The molecule has 5 rings (SSSR count). The fourth-order valence-corrected chi connectivity index (χ4v) is 6.69. The number of rotatable bonds is 23. The number of carbonyl (C=O) groups is 8. The zero-order valence-electron chi connectivity index (χ0n) is 37.0. The molecule has 0 saturated carbocycles. The van der Waals surface area contributed by atoms with E-state index in [0.29, 0.717) is 36.2 Å². The molecule has 1 aliphatic heterocycles. The molecule has 0 fully saturated rings. The standard InChI is InChI=1S/C44H53N13O10/c1-23(2)35(54-32(59)9-5-4-6-19-57-33(60)16-17-34(57)61)42(65)50-24(3)39(62)52-27-14-15-29(31(58)20-27)41(64)47-18-7-8-30(43(66)67)53-40(63)25-10-12-26(13-11-25)48-21-28-22-49-38-36(51-28)37(45)55-44(46)56-38/h10-17,20,22-24,30,35,48,58H,4-9,18-19,21H2,1-3H3,(H,47,64)(H,50,65)(H,52,62)(H,53,63)(H,54,59)(H,66,67)(H4,45,46,49,55,56)/t24-,30-,35-/m0/s1. The zero-order valence-corrected chi connectivity index (χ0v) is 37.0. The Balaban J connectivity index is 1.01. The van der Waals surface area contributed by atoms with E-state index in [4.69, 9.17) is 11.5 Å². The van der Waals surface area contributed by atoms with Crippen LogP contribution in [0.5, 0.6) is 5.75 Å². The SMILES string of the molecule is CC(C)[C@H](NC(=O)CCCCCN1C(=O)C=CC1=O)C(=O)N[C@@H](C)C(=O)Nc1ccc(C(=O)NCCC[C@H](NC(=O)c2ccc(NCc3cnc4nc(N)nc(N)c4n3)cc2)C(=O)O)c(O)c1. The van der Waals surface area contributed by atoms with Crippen molar-refractivity contribution in [2.24, 2.45) is 5.92 Å². The Bertz CT molecular complexity index is 2530. The van der Waals surface area contributed by atoms with Crippen LogP contribution in [0.25, 0.3) is 11.2 Å². The first-order valence-corrected chi connectivity index (χ1v) is 21.4. The summed E-state index contributed by atoms with van der Waals surface area (Å²) in [6, 6.07) is 6.83. The van der Waals surface area contributed by atoms with Gasteiger partial charge in [0.15, 0.2) is 17.0 Å². The number of aliphatic carboxylic acids is 1. The number of hydrogen-bond donors (Lipinski definition) is 10. The van der Waals surface area contributed by atoms with Gasteiger partial charge in [-0.2, -0.15) is 9.97 Å². The summed E-state index contributed by atoms with van der Waals surface area (Å²) in [6.45, 7) is 5.43. The van der Waals surface area contributed by atoms with Crippen molar-refractivity contribution in [2.75, 3.05) is 35.2 Å². The van der Waals surface area contributed by atoms with Gasteiger partial charge < -0.3 is 53.6 Å². The Morgan fingerprint density at radius 2 is 1.49 bits per heavy atom. The molecular weight excluding hydrogens is 871 g/mol. The number of carbonyl (C=O) groups excluding carboxylic acids is 7. The van der Waals surface area contributed by atoms with Crippen LogP contribution in [0.2, 0.25) is 0 Å². The van der Waals surface area contributed by atoms with Crippen LogP contribution in [0.3, 0.4) is 0 Å². The number of fused-ring (bicyclic) bond motifs is 1. The molecule has 0 radical (unpaired) electrons. The quantitative estimate of drug-likeness (QED) is 0.0371. The molecule has 0 spiro atoms. The number of nitrogens with zero attached hydrogens (tertiary/aromatic N) is 5. The van der Waals surface area contributed by atoms with E-state index in [9.17, 15) is 48.6 Å². The molecule has 2 aromatic carbocycles. The third-order valence-corrected chi connectivity index (χ3v) is 10.4. The van der Waals surface area contributed by atoms with Gasteiger partial charge in [-0.25, -0.2) is 14.8 Å². The van der Waals surface area contributed by atoms with E-state index in [2.05, 4.69) is 51.8 Å². The predicted octanol–water partition coefficient (Wildman–Crippen LogP) is 1.36. The maximum Gasteiger partial charge on any atom is 0.326 e. The molecule has 7 amide bonds. The van der Waals surface area contributed by atoms with Crippen LogP contribution >= 0.6 is 0 Å². The van der Waals surface area contributed by atoms with Crippen molar-refractivity contribution in [3.05, 3.63) is 77.6 Å². The first kappa shape index (κ1) is 49.8. The van der Waals surface area contributed by atoms with E-state index in [1.807, 2.05) is 0 Å². The van der Waals surface area contributed by atoms with Crippen LogP contribution in [-0.2, 0) is 35.3 Å². The molecular formula is C44H53N13O10. The Morgan fingerprint density at radius 1 is 0.791 bits per heavy atom. The highest BCUT2D eigenvalue weighted by Gasteiger charge is 2.28. The molecule has 23 nitrogen and oxygen atoms in total. The number of nitrogens with one attached hydrogen (secondary N) is 6. The van der Waals surface area contributed by atoms with Crippen LogP contribution in [0.4, 0.5) is 23.1 Å². The minimum Gasteiger partial charge on any atom is -0.507 e. The van der Waals surface area contributed by atoms with Crippen molar-refractivity contribution in [2.45, 2.75) is 84.0 Å². The Labute approximate surface area is 384 Å². The molecule has 354 valence electrons. The number of unbranched alkanes of at least 4 members (excludes halogenated alkanes) is 2. The van der Waals surface area contributed by atoms with Gasteiger partial charge in [-0.15, -0.1) is 0 Å². The summed E-state index contributed by atoms with van der Waals surface area (Å²) in [7, 11) is 0. The third kappa shape index (κ3) is 14.1. The fourth-order valence-electron chi connectivity index (χ4n) is 6.69. The molecule has 0 saturated heterocycles. The van der Waals surface area contributed by atoms with Crippen molar-refractivity contribution >= 4 is 81.6 Å². The van der Waals surface area contributed by atoms with Crippen molar-refractivity contribution in [1.82, 2.24) is 46.1 Å². The molecule has 3 atom stereocenters. The Morgan fingerprint density at radius 3 is 2.16 bits per heavy atom. The van der Waals surface area contributed by atoms with Gasteiger partial charge in [0, 0.05) is 54.7 Å². The summed E-state index contributed by atoms with van der Waals surface area (Å²) in [6.07, 6.45) is 5.75. The highest BCUT2D eigenvalue weighted by molar-refractivity contribution is 6.12. The fraction of sp³-hybridized carbons (Fsp3) is 0.364. The average Bonchev–Trinajstić information content (AvgIpc) is 3.60. The topological polar surface area (TPSA) is 356 Å². The van der Waals surface area contributed by atoms with Crippen LogP contribution < -0.4 is 43.4 Å². The summed E-state index contributed by atoms with van der Waals surface area (Å²) < 4.78 is 0. The summed E-state index contributed by atoms with van der Waals surface area (Å²) >= 11 is 0. The second kappa shape index (κ2) is 23.1. The molecule has 23 heteroatoms. The molecule has 0 bridgehead atoms. The molecule has 2 aromatic heterocycles. The number of carboxylic acid groups (broad SMARTS) is 1. The number of aromatic hydroxyl groups is 1. The lowest BCUT2D eigenvalue weighted by molar-refractivity contribution is -0.139. The zero-order chi connectivity index (χ0) is 48.8. The van der Waals surface area contributed by atoms with E-state index in [0.717, 1.165) is 11.0 Å². The molecule has 4 aromatic rings. The number of anilines is 4. The Hall–Kier alpha value is -8.24. The number of nitrogen functional groups attached to an aromatic ring is 2. The van der Waals surface area contributed by atoms with Crippen molar-refractivity contribution in [1.29, 1.82) is 0 Å². The van der Waals surface area contributed by atoms with Gasteiger partial charge in [0.05, 0.1) is 24.0 Å². The molecule has 0 unspecified atom stereocenters. The number of aromatic nitrogens is 4. The van der Waals surface area contributed by atoms with Crippen LogP contribution in [0.1, 0.15) is 85.7 Å². The Kier molecular flexibility index (Phi) is 17.2. The number of phenolic OH excluding ortho intramolecular Hbond substituents is 1. The van der Waals surface area contributed by atoms with Crippen LogP contribution in [-0.4, -0.2) is 114 Å². The van der Waals surface area contributed by atoms with Gasteiger partial charge in [-0.05, 0) is 74.9 Å². The van der Waals surface area contributed by atoms with Crippen LogP contribution in [0, 0.1) is 5.92 Å². The van der Waals surface area contributed by atoms with Gasteiger partial charge in [-0.3, -0.25) is 38.5 Å². The van der Waals surface area contributed by atoms with Gasteiger partial charge in [-0.1, -0.05) is 20.3 Å². The highest BCUT2D eigenvalue weighted by atomic mass is 16.4. The number of nitrogens with two attached hydrogens (primary N) is 2. The molecule has 12 N–H and O–H groups in total. The van der Waals surface area contributed by atoms with Crippen molar-refractivity contribution in [3.8, 4) is 5.75 Å². The maximum absolute atomic E-state index is 13.1. The predicted molar refractivity (Wildman–Crippen MR) is 244 cm³/mol. The molecule has 3 heterocycles. The first-order chi connectivity index (χ1) is 31.9. The summed E-state index contributed by atoms with van der Waals surface area (Å²) in [4.78, 5) is 118. The normalized spacial score (nSPS) is 13.5. The second-order valence-electron chi connectivity index (χ2n) is 15.9. The minimum atomic E-state index is -1.27.